The molecule has 0 fully saturated rings. The fraction of sp³-hybridized carbons (Fsp3) is 0.0769. The van der Waals surface area contributed by atoms with Gasteiger partial charge in [0.2, 0.25) is 0 Å². The van der Waals surface area contributed by atoms with E-state index in [1.165, 1.54) is 0 Å². The van der Waals surface area contributed by atoms with E-state index in [-0.39, 0.29) is 0 Å². The molecule has 0 N–H and O–H groups in total. The summed E-state index contributed by atoms with van der Waals surface area (Å²) in [5, 5.41) is 1.76. The molecular formula is C13H8Br2Cl2O. The average Bonchev–Trinajstić information content (AvgIpc) is 2.34. The Balaban J connectivity index is 2.39. The molecule has 2 aromatic rings. The fourth-order valence-corrected chi connectivity index (χ4v) is 2.83. The molecule has 2 aromatic carbocycles. The van der Waals surface area contributed by atoms with Crippen molar-refractivity contribution in [2.75, 3.05) is 0 Å². The Kier molecular flexibility index (Phi) is 4.96. The maximum Gasteiger partial charge on any atom is 0.150 e. The molecule has 94 valence electrons. The van der Waals surface area contributed by atoms with Gasteiger partial charge in [-0.1, -0.05) is 67.2 Å². The van der Waals surface area contributed by atoms with Crippen molar-refractivity contribution in [3.05, 3.63) is 56.5 Å². The van der Waals surface area contributed by atoms with Crippen LogP contribution in [0.4, 0.5) is 0 Å². The van der Waals surface area contributed by atoms with Crippen molar-refractivity contribution in [3.8, 4) is 11.5 Å². The Hall–Kier alpha value is -0.220. The largest absolute Gasteiger partial charge is 0.454 e. The van der Waals surface area contributed by atoms with E-state index in [0.717, 1.165) is 10.0 Å². The van der Waals surface area contributed by atoms with Crippen LogP contribution < -0.4 is 4.74 Å². The Morgan fingerprint density at radius 3 is 2.50 bits per heavy atom. The van der Waals surface area contributed by atoms with E-state index < -0.39 is 0 Å². The number of benzene rings is 2. The van der Waals surface area contributed by atoms with E-state index >= 15 is 0 Å². The second-order valence-electron chi connectivity index (χ2n) is 3.54. The van der Waals surface area contributed by atoms with E-state index in [0.29, 0.717) is 26.9 Å². The lowest BCUT2D eigenvalue weighted by molar-refractivity contribution is 0.479. The van der Waals surface area contributed by atoms with Crippen LogP contribution in [0.5, 0.6) is 11.5 Å². The molecule has 0 aliphatic carbocycles. The predicted molar refractivity (Wildman–Crippen MR) is 83.3 cm³/mol. The highest BCUT2D eigenvalue weighted by Gasteiger charge is 2.11. The smallest absolute Gasteiger partial charge is 0.150 e. The van der Waals surface area contributed by atoms with Crippen molar-refractivity contribution in [1.29, 1.82) is 0 Å². The fourth-order valence-electron chi connectivity index (χ4n) is 1.44. The summed E-state index contributed by atoms with van der Waals surface area (Å²) < 4.78 is 6.70. The van der Waals surface area contributed by atoms with Gasteiger partial charge in [0.1, 0.15) is 11.5 Å². The molecular weight excluding hydrogens is 403 g/mol. The van der Waals surface area contributed by atoms with Crippen LogP contribution in [0.15, 0.2) is 40.9 Å². The van der Waals surface area contributed by atoms with Crippen LogP contribution in [0.25, 0.3) is 0 Å². The zero-order valence-electron chi connectivity index (χ0n) is 9.09. The van der Waals surface area contributed by atoms with Gasteiger partial charge in [0.05, 0.1) is 10.0 Å². The van der Waals surface area contributed by atoms with E-state index in [9.17, 15) is 0 Å². The zero-order valence-corrected chi connectivity index (χ0v) is 13.8. The van der Waals surface area contributed by atoms with Gasteiger partial charge >= 0.3 is 0 Å². The van der Waals surface area contributed by atoms with Crippen molar-refractivity contribution >= 4 is 55.1 Å². The number of halogens is 4. The molecule has 0 heterocycles. The lowest BCUT2D eigenvalue weighted by Gasteiger charge is -2.12. The number of hydrogen-bond acceptors (Lipinski definition) is 1. The molecule has 0 spiro atoms. The van der Waals surface area contributed by atoms with Gasteiger partial charge in [0.25, 0.3) is 0 Å². The quantitative estimate of drug-likeness (QED) is 0.529. The van der Waals surface area contributed by atoms with Gasteiger partial charge in [-0.25, -0.2) is 0 Å². The number of hydrogen-bond donors (Lipinski definition) is 0. The van der Waals surface area contributed by atoms with Crippen molar-refractivity contribution in [3.63, 3.8) is 0 Å². The lowest BCUT2D eigenvalue weighted by atomic mass is 10.2. The van der Waals surface area contributed by atoms with E-state index in [1.807, 2.05) is 18.2 Å². The molecule has 0 saturated carbocycles. The minimum Gasteiger partial charge on any atom is -0.454 e. The maximum absolute atomic E-state index is 6.14. The van der Waals surface area contributed by atoms with E-state index in [4.69, 9.17) is 27.9 Å². The summed E-state index contributed by atoms with van der Waals surface area (Å²) in [6, 6.07) is 11.1. The first-order valence-electron chi connectivity index (χ1n) is 5.08. The molecule has 0 aliphatic heterocycles. The summed E-state index contributed by atoms with van der Waals surface area (Å²) in [5.74, 6) is 1.20. The van der Waals surface area contributed by atoms with Crippen molar-refractivity contribution < 1.29 is 4.74 Å². The van der Waals surface area contributed by atoms with Crippen LogP contribution in [-0.2, 0) is 5.33 Å². The minimum absolute atomic E-state index is 0.532. The minimum atomic E-state index is 0.532. The Morgan fingerprint density at radius 1 is 1.06 bits per heavy atom. The Labute approximate surface area is 132 Å². The van der Waals surface area contributed by atoms with Crippen LogP contribution in [-0.4, -0.2) is 0 Å². The zero-order chi connectivity index (χ0) is 13.1. The van der Waals surface area contributed by atoms with Crippen LogP contribution >= 0.6 is 55.1 Å². The molecule has 0 radical (unpaired) electrons. The summed E-state index contributed by atoms with van der Waals surface area (Å²) in [4.78, 5) is 0. The molecule has 2 rings (SSSR count). The van der Waals surface area contributed by atoms with E-state index in [2.05, 4.69) is 31.9 Å². The average molecular weight is 411 g/mol. The normalized spacial score (nSPS) is 10.4. The Morgan fingerprint density at radius 2 is 1.83 bits per heavy atom. The molecule has 0 aromatic heterocycles. The molecule has 5 heteroatoms. The number of para-hydroxylation sites is 1. The van der Waals surface area contributed by atoms with Crippen LogP contribution in [0.2, 0.25) is 10.0 Å². The van der Waals surface area contributed by atoms with Crippen LogP contribution in [0, 0.1) is 0 Å². The summed E-state index contributed by atoms with van der Waals surface area (Å²) in [6.07, 6.45) is 0. The maximum atomic E-state index is 6.14. The van der Waals surface area contributed by atoms with Gasteiger partial charge in [-0.05, 0) is 24.3 Å². The summed E-state index contributed by atoms with van der Waals surface area (Å²) in [5.41, 5.74) is 0.974. The first-order chi connectivity index (χ1) is 8.61. The number of ether oxygens (including phenoxy) is 1. The second-order valence-corrected chi connectivity index (χ2v) is 5.83. The monoisotopic (exact) mass is 408 g/mol. The molecule has 0 amide bonds. The predicted octanol–water partition coefficient (Wildman–Crippen LogP) is 6.44. The molecule has 1 nitrogen and oxygen atoms in total. The summed E-state index contributed by atoms with van der Waals surface area (Å²) in [6.45, 7) is 0. The highest BCUT2D eigenvalue weighted by atomic mass is 79.9. The van der Waals surface area contributed by atoms with Crippen molar-refractivity contribution in [2.24, 2.45) is 0 Å². The standard InChI is InChI=1S/C13H8Br2Cl2O/c14-7-8-2-1-3-10(16)13(8)18-12-5-4-9(15)6-11(12)17/h1-6H,7H2. The Bertz CT molecular complexity index is 573. The third kappa shape index (κ3) is 3.21. The molecule has 18 heavy (non-hydrogen) atoms. The number of alkyl halides is 1. The summed E-state index contributed by atoms with van der Waals surface area (Å²) in [7, 11) is 0. The molecule has 0 aliphatic rings. The highest BCUT2D eigenvalue weighted by Crippen LogP contribution is 2.37. The van der Waals surface area contributed by atoms with Crippen LogP contribution in [0.1, 0.15) is 5.56 Å². The first kappa shape index (κ1) is 14.2. The van der Waals surface area contributed by atoms with Crippen molar-refractivity contribution in [1.82, 2.24) is 0 Å². The van der Waals surface area contributed by atoms with Gasteiger partial charge < -0.3 is 4.74 Å². The third-order valence-electron chi connectivity index (χ3n) is 2.30. The van der Waals surface area contributed by atoms with Gasteiger partial charge in [0.15, 0.2) is 0 Å². The molecule has 0 atom stereocenters. The third-order valence-corrected chi connectivity index (χ3v) is 3.99. The summed E-state index contributed by atoms with van der Waals surface area (Å²) >= 11 is 19.0. The number of rotatable bonds is 3. The van der Waals surface area contributed by atoms with Gasteiger partial charge in [-0.15, -0.1) is 0 Å². The van der Waals surface area contributed by atoms with Crippen LogP contribution in [0.3, 0.4) is 0 Å². The van der Waals surface area contributed by atoms with Crippen molar-refractivity contribution in [2.45, 2.75) is 5.33 Å². The molecule has 0 unspecified atom stereocenters. The SMILES string of the molecule is Clc1cc(Br)ccc1Oc1c(Cl)cccc1CBr. The second kappa shape index (κ2) is 6.29. The lowest BCUT2D eigenvalue weighted by Crippen LogP contribution is -1.91. The topological polar surface area (TPSA) is 9.23 Å². The molecule has 0 bridgehead atoms. The van der Waals surface area contributed by atoms with Gasteiger partial charge in [0, 0.05) is 15.4 Å². The van der Waals surface area contributed by atoms with E-state index in [1.54, 1.807) is 18.2 Å². The van der Waals surface area contributed by atoms with Gasteiger partial charge in [-0.3, -0.25) is 0 Å². The highest BCUT2D eigenvalue weighted by molar-refractivity contribution is 9.10. The van der Waals surface area contributed by atoms with Gasteiger partial charge in [-0.2, -0.15) is 0 Å². The first-order valence-corrected chi connectivity index (χ1v) is 7.75. The molecule has 0 saturated heterocycles.